The van der Waals surface area contributed by atoms with Crippen molar-refractivity contribution in [1.29, 1.82) is 0 Å². The highest BCUT2D eigenvalue weighted by molar-refractivity contribution is 6.36. The van der Waals surface area contributed by atoms with Crippen LogP contribution < -0.4 is 5.32 Å². The normalized spacial score (nSPS) is 10.7. The molecule has 1 rings (SSSR count). The van der Waals surface area contributed by atoms with Crippen molar-refractivity contribution in [3.63, 3.8) is 0 Å². The van der Waals surface area contributed by atoms with Crippen molar-refractivity contribution in [1.82, 2.24) is 10.2 Å². The molecule has 0 spiro atoms. The van der Waals surface area contributed by atoms with E-state index < -0.39 is 0 Å². The summed E-state index contributed by atoms with van der Waals surface area (Å²) in [4.78, 5) is 25.3. The maximum atomic E-state index is 12.1. The molecule has 0 aliphatic rings. The van der Waals surface area contributed by atoms with Crippen molar-refractivity contribution in [2.75, 3.05) is 40.4 Å². The summed E-state index contributed by atoms with van der Waals surface area (Å²) in [5.74, 6) is -0.326. The quantitative estimate of drug-likeness (QED) is 0.583. The van der Waals surface area contributed by atoms with Crippen LogP contribution >= 0.6 is 23.2 Å². The first kappa shape index (κ1) is 17.9. The fourth-order valence-electron chi connectivity index (χ4n) is 1.70. The van der Waals surface area contributed by atoms with E-state index in [0.717, 1.165) is 0 Å². The van der Waals surface area contributed by atoms with Gasteiger partial charge in [0, 0.05) is 24.2 Å². The zero-order valence-corrected chi connectivity index (χ0v) is 13.5. The largest absolute Gasteiger partial charge is 0.383 e. The highest BCUT2D eigenvalue weighted by atomic mass is 35.5. The first-order chi connectivity index (χ1) is 9.93. The SMILES string of the molecule is COCCNC(=O)CN(C)CC(=O)c1ccc(Cl)cc1Cl. The molecular formula is C14H18Cl2N2O3. The smallest absolute Gasteiger partial charge is 0.234 e. The molecule has 1 aromatic rings. The highest BCUT2D eigenvalue weighted by Crippen LogP contribution is 2.21. The number of carbonyl (C=O) groups is 2. The van der Waals surface area contributed by atoms with Crippen molar-refractivity contribution in [3.05, 3.63) is 33.8 Å². The van der Waals surface area contributed by atoms with Gasteiger partial charge in [-0.15, -0.1) is 0 Å². The van der Waals surface area contributed by atoms with E-state index in [0.29, 0.717) is 28.8 Å². The molecule has 7 heteroatoms. The zero-order valence-electron chi connectivity index (χ0n) is 12.0. The fraction of sp³-hybridized carbons (Fsp3) is 0.429. The molecule has 0 unspecified atom stereocenters. The van der Waals surface area contributed by atoms with Crippen LogP contribution in [0.25, 0.3) is 0 Å². The maximum Gasteiger partial charge on any atom is 0.234 e. The van der Waals surface area contributed by atoms with Crippen molar-refractivity contribution in [2.24, 2.45) is 0 Å². The van der Waals surface area contributed by atoms with Crippen molar-refractivity contribution < 1.29 is 14.3 Å². The van der Waals surface area contributed by atoms with Crippen LogP contribution in [0.15, 0.2) is 18.2 Å². The van der Waals surface area contributed by atoms with Gasteiger partial charge in [0.25, 0.3) is 0 Å². The number of carbonyl (C=O) groups excluding carboxylic acids is 2. The van der Waals surface area contributed by atoms with E-state index in [1.54, 1.807) is 31.2 Å². The van der Waals surface area contributed by atoms with E-state index in [-0.39, 0.29) is 24.8 Å². The Hall–Kier alpha value is -1.14. The third-order valence-corrected chi connectivity index (χ3v) is 3.23. The van der Waals surface area contributed by atoms with Gasteiger partial charge in [-0.25, -0.2) is 0 Å². The lowest BCUT2D eigenvalue weighted by Gasteiger charge is -2.15. The van der Waals surface area contributed by atoms with Crippen LogP contribution in [0.2, 0.25) is 10.0 Å². The summed E-state index contributed by atoms with van der Waals surface area (Å²) >= 11 is 11.8. The fourth-order valence-corrected chi connectivity index (χ4v) is 2.21. The lowest BCUT2D eigenvalue weighted by Crippen LogP contribution is -2.38. The minimum Gasteiger partial charge on any atom is -0.383 e. The predicted molar refractivity (Wildman–Crippen MR) is 83.2 cm³/mol. The third kappa shape index (κ3) is 6.44. The maximum absolute atomic E-state index is 12.1. The van der Waals surface area contributed by atoms with Crippen molar-refractivity contribution in [3.8, 4) is 0 Å². The molecule has 1 aromatic carbocycles. The van der Waals surface area contributed by atoms with Crippen LogP contribution in [0.3, 0.4) is 0 Å². The minimum absolute atomic E-state index is 0.0963. The van der Waals surface area contributed by atoms with Gasteiger partial charge in [-0.1, -0.05) is 23.2 Å². The molecule has 21 heavy (non-hydrogen) atoms. The van der Waals surface area contributed by atoms with Crippen LogP contribution in [0, 0.1) is 0 Å². The van der Waals surface area contributed by atoms with Crippen molar-refractivity contribution >= 4 is 34.9 Å². The number of Topliss-reactive ketones (excluding diaryl/α,β-unsaturated/α-hetero) is 1. The average Bonchev–Trinajstić information content (AvgIpc) is 2.38. The summed E-state index contributed by atoms with van der Waals surface area (Å²) in [5.41, 5.74) is 0.396. The summed E-state index contributed by atoms with van der Waals surface area (Å²) < 4.78 is 4.83. The minimum atomic E-state index is -0.163. The molecule has 0 aliphatic heterocycles. The van der Waals surface area contributed by atoms with E-state index in [1.807, 2.05) is 0 Å². The molecule has 0 bridgehead atoms. The van der Waals surface area contributed by atoms with Gasteiger partial charge in [-0.05, 0) is 25.2 Å². The molecule has 0 heterocycles. The van der Waals surface area contributed by atoms with Crippen LogP contribution in [0.1, 0.15) is 10.4 Å². The number of amides is 1. The molecule has 5 nitrogen and oxygen atoms in total. The van der Waals surface area contributed by atoms with Crippen LogP contribution in [-0.2, 0) is 9.53 Å². The van der Waals surface area contributed by atoms with Crippen molar-refractivity contribution in [2.45, 2.75) is 0 Å². The van der Waals surface area contributed by atoms with Gasteiger partial charge in [0.2, 0.25) is 5.91 Å². The lowest BCUT2D eigenvalue weighted by molar-refractivity contribution is -0.122. The summed E-state index contributed by atoms with van der Waals surface area (Å²) in [5, 5.41) is 3.47. The van der Waals surface area contributed by atoms with E-state index >= 15 is 0 Å². The Morgan fingerprint density at radius 1 is 1.29 bits per heavy atom. The number of nitrogens with one attached hydrogen (secondary N) is 1. The molecule has 1 amide bonds. The second-order valence-corrected chi connectivity index (χ2v) is 5.41. The number of ether oxygens (including phenoxy) is 1. The average molecular weight is 333 g/mol. The van der Waals surface area contributed by atoms with E-state index in [2.05, 4.69) is 5.32 Å². The summed E-state index contributed by atoms with van der Waals surface area (Å²) in [7, 11) is 3.25. The Kier molecular flexibility index (Phi) is 7.67. The number of benzene rings is 1. The number of methoxy groups -OCH3 is 1. The van der Waals surface area contributed by atoms with Gasteiger partial charge in [0.15, 0.2) is 5.78 Å². The summed E-state index contributed by atoms with van der Waals surface area (Å²) in [6, 6.07) is 4.71. The lowest BCUT2D eigenvalue weighted by atomic mass is 10.1. The first-order valence-corrected chi connectivity index (χ1v) is 7.12. The predicted octanol–water partition coefficient (Wildman–Crippen LogP) is 1.87. The molecular weight excluding hydrogens is 315 g/mol. The molecule has 0 radical (unpaired) electrons. The number of halogens is 2. The summed E-state index contributed by atoms with van der Waals surface area (Å²) in [6.45, 7) is 1.12. The molecule has 0 aliphatic carbocycles. The second kappa shape index (κ2) is 9.00. The zero-order chi connectivity index (χ0) is 15.8. The van der Waals surface area contributed by atoms with Crippen LogP contribution in [0.4, 0.5) is 0 Å². The first-order valence-electron chi connectivity index (χ1n) is 6.36. The van der Waals surface area contributed by atoms with Gasteiger partial charge in [-0.2, -0.15) is 0 Å². The number of rotatable bonds is 8. The van der Waals surface area contributed by atoms with E-state index in [1.165, 1.54) is 6.07 Å². The Morgan fingerprint density at radius 2 is 2.00 bits per heavy atom. The monoisotopic (exact) mass is 332 g/mol. The Morgan fingerprint density at radius 3 is 2.62 bits per heavy atom. The molecule has 0 atom stereocenters. The molecule has 0 aromatic heterocycles. The standard InChI is InChI=1S/C14H18Cl2N2O3/c1-18(9-14(20)17-5-6-21-2)8-13(19)11-4-3-10(15)7-12(11)16/h3-4,7H,5-6,8-9H2,1-2H3,(H,17,20). The van der Waals surface area contributed by atoms with Gasteiger partial charge in [0.05, 0.1) is 24.7 Å². The van der Waals surface area contributed by atoms with E-state index in [9.17, 15) is 9.59 Å². The third-order valence-electron chi connectivity index (χ3n) is 2.69. The van der Waals surface area contributed by atoms with Crippen LogP contribution in [-0.4, -0.2) is 57.0 Å². The number of likely N-dealkylation sites (N-methyl/N-ethyl adjacent to an activating group) is 1. The Balaban J connectivity index is 2.48. The Bertz CT molecular complexity index is 509. The number of hydrogen-bond donors (Lipinski definition) is 1. The second-order valence-electron chi connectivity index (χ2n) is 4.56. The topological polar surface area (TPSA) is 58.6 Å². The van der Waals surface area contributed by atoms with Gasteiger partial charge in [0.1, 0.15) is 0 Å². The van der Waals surface area contributed by atoms with Gasteiger partial charge >= 0.3 is 0 Å². The molecule has 0 fully saturated rings. The highest BCUT2D eigenvalue weighted by Gasteiger charge is 2.15. The number of nitrogens with zero attached hydrogens (tertiary/aromatic N) is 1. The summed E-state index contributed by atoms with van der Waals surface area (Å²) in [6.07, 6.45) is 0. The number of hydrogen-bond acceptors (Lipinski definition) is 4. The molecule has 116 valence electrons. The molecule has 1 N–H and O–H groups in total. The van der Waals surface area contributed by atoms with Gasteiger partial charge < -0.3 is 10.1 Å². The van der Waals surface area contributed by atoms with Gasteiger partial charge in [-0.3, -0.25) is 14.5 Å². The number of ketones is 1. The van der Waals surface area contributed by atoms with E-state index in [4.69, 9.17) is 27.9 Å². The Labute approximate surface area is 134 Å². The molecule has 0 saturated carbocycles. The molecule has 0 saturated heterocycles. The van der Waals surface area contributed by atoms with Crippen LogP contribution in [0.5, 0.6) is 0 Å².